The first-order chi connectivity index (χ1) is 17.5. The Morgan fingerprint density at radius 2 is 1.92 bits per heavy atom. The third kappa shape index (κ3) is 5.13. The zero-order chi connectivity index (χ0) is 25.1. The van der Waals surface area contributed by atoms with Crippen molar-refractivity contribution in [2.24, 2.45) is 0 Å². The van der Waals surface area contributed by atoms with Crippen LogP contribution in [-0.4, -0.2) is 53.0 Å². The number of methoxy groups -OCH3 is 1. The number of likely N-dealkylation sites (tertiary alicyclic amines) is 1. The van der Waals surface area contributed by atoms with E-state index in [1.807, 2.05) is 18.3 Å². The van der Waals surface area contributed by atoms with E-state index in [1.165, 1.54) is 25.4 Å². The van der Waals surface area contributed by atoms with Crippen molar-refractivity contribution in [1.82, 2.24) is 20.2 Å². The minimum absolute atomic E-state index is 0.0885. The summed E-state index contributed by atoms with van der Waals surface area (Å²) >= 11 is 0. The molecule has 0 unspecified atom stereocenters. The summed E-state index contributed by atoms with van der Waals surface area (Å²) in [6.45, 7) is 2.47. The molecule has 2 N–H and O–H groups in total. The molecule has 5 rings (SSSR count). The van der Waals surface area contributed by atoms with E-state index in [9.17, 15) is 14.0 Å². The molecule has 36 heavy (non-hydrogen) atoms. The molecule has 1 fully saturated rings. The van der Waals surface area contributed by atoms with Gasteiger partial charge in [-0.3, -0.25) is 14.7 Å². The molecule has 184 valence electrons. The van der Waals surface area contributed by atoms with E-state index in [1.54, 1.807) is 30.3 Å². The van der Waals surface area contributed by atoms with Crippen molar-refractivity contribution in [3.8, 4) is 11.3 Å². The average molecular weight is 487 g/mol. The number of H-pyrrole nitrogens is 1. The standard InChI is InChI=1S/C28H27FN4O3/c1-36-28(35)19-5-8-26-24(14-19)21(16-31-26)17-33-11-9-23(10-12-33)32-27(34)20-6-7-25(30-15-20)18-3-2-4-22(29)13-18/h2-8,13-16,23,31H,9-12,17H2,1H3,(H,32,34). The molecule has 1 aliphatic rings. The molecule has 7 nitrogen and oxygen atoms in total. The van der Waals surface area contributed by atoms with Gasteiger partial charge in [0.1, 0.15) is 5.82 Å². The van der Waals surface area contributed by atoms with E-state index in [0.717, 1.165) is 48.9 Å². The number of aromatic nitrogens is 2. The fourth-order valence-corrected chi connectivity index (χ4v) is 4.65. The van der Waals surface area contributed by atoms with Gasteiger partial charge in [-0.2, -0.15) is 0 Å². The van der Waals surface area contributed by atoms with Crippen molar-refractivity contribution in [2.45, 2.75) is 25.4 Å². The van der Waals surface area contributed by atoms with Crippen LogP contribution in [0.2, 0.25) is 0 Å². The second kappa shape index (κ2) is 10.3. The number of pyridine rings is 1. The van der Waals surface area contributed by atoms with E-state index in [0.29, 0.717) is 22.4 Å². The average Bonchev–Trinajstić information content (AvgIpc) is 3.31. The molecule has 2 aromatic heterocycles. The zero-order valence-corrected chi connectivity index (χ0v) is 20.0. The first-order valence-corrected chi connectivity index (χ1v) is 11.9. The highest BCUT2D eigenvalue weighted by Gasteiger charge is 2.22. The molecule has 8 heteroatoms. The quantitative estimate of drug-likeness (QED) is 0.391. The summed E-state index contributed by atoms with van der Waals surface area (Å²) in [6.07, 6.45) is 5.21. The number of esters is 1. The number of aromatic amines is 1. The molecular formula is C28H27FN4O3. The molecule has 0 saturated carbocycles. The minimum atomic E-state index is -0.348. The van der Waals surface area contributed by atoms with Crippen molar-refractivity contribution in [3.63, 3.8) is 0 Å². The summed E-state index contributed by atoms with van der Waals surface area (Å²) in [5, 5.41) is 4.13. The van der Waals surface area contributed by atoms with Gasteiger partial charge < -0.3 is 15.0 Å². The fourth-order valence-electron chi connectivity index (χ4n) is 4.65. The van der Waals surface area contributed by atoms with Crippen LogP contribution in [0.15, 0.2) is 67.0 Å². The largest absolute Gasteiger partial charge is 0.465 e. The first-order valence-electron chi connectivity index (χ1n) is 11.9. The summed E-state index contributed by atoms with van der Waals surface area (Å²) in [6, 6.07) is 15.3. The van der Waals surface area contributed by atoms with E-state index in [2.05, 4.69) is 20.2 Å². The Bertz CT molecular complexity index is 1390. The lowest BCUT2D eigenvalue weighted by Gasteiger charge is -2.32. The number of rotatable bonds is 6. The molecule has 0 radical (unpaired) electrons. The molecule has 0 bridgehead atoms. The lowest BCUT2D eigenvalue weighted by atomic mass is 10.0. The van der Waals surface area contributed by atoms with Gasteiger partial charge in [0.2, 0.25) is 0 Å². The summed E-state index contributed by atoms with van der Waals surface area (Å²) < 4.78 is 18.3. The van der Waals surface area contributed by atoms with Crippen molar-refractivity contribution in [2.75, 3.05) is 20.2 Å². The number of ether oxygens (including phenoxy) is 1. The van der Waals surface area contributed by atoms with Gasteiger partial charge in [0.25, 0.3) is 5.91 Å². The lowest BCUT2D eigenvalue weighted by Crippen LogP contribution is -2.44. The molecule has 4 aromatic rings. The number of carbonyl (C=O) groups is 2. The van der Waals surface area contributed by atoms with Gasteiger partial charge in [-0.15, -0.1) is 0 Å². The zero-order valence-electron chi connectivity index (χ0n) is 20.0. The van der Waals surface area contributed by atoms with E-state index in [4.69, 9.17) is 4.74 Å². The molecule has 2 aromatic carbocycles. The predicted molar refractivity (Wildman–Crippen MR) is 135 cm³/mol. The Kier molecular flexibility index (Phi) is 6.77. The van der Waals surface area contributed by atoms with E-state index < -0.39 is 0 Å². The number of nitrogens with one attached hydrogen (secondary N) is 2. The second-order valence-corrected chi connectivity index (χ2v) is 9.03. The van der Waals surface area contributed by atoms with Crippen molar-refractivity contribution in [1.29, 1.82) is 0 Å². The fraction of sp³-hybridized carbons (Fsp3) is 0.250. The monoisotopic (exact) mass is 486 g/mol. The Labute approximate surface area is 208 Å². The van der Waals surface area contributed by atoms with Crippen LogP contribution in [0.5, 0.6) is 0 Å². The number of halogens is 1. The van der Waals surface area contributed by atoms with Gasteiger partial charge in [0.05, 0.1) is 23.9 Å². The predicted octanol–water partition coefficient (Wildman–Crippen LogP) is 4.55. The molecule has 0 aliphatic carbocycles. The molecule has 1 aliphatic heterocycles. The van der Waals surface area contributed by atoms with E-state index in [-0.39, 0.29) is 23.7 Å². The number of carbonyl (C=O) groups excluding carboxylic acids is 2. The molecule has 1 amide bonds. The van der Waals surface area contributed by atoms with Crippen LogP contribution in [0.4, 0.5) is 4.39 Å². The number of amides is 1. The Morgan fingerprint density at radius 1 is 1.11 bits per heavy atom. The Balaban J connectivity index is 1.16. The van der Waals surface area contributed by atoms with Gasteiger partial charge in [0.15, 0.2) is 0 Å². The maximum Gasteiger partial charge on any atom is 0.337 e. The van der Waals surface area contributed by atoms with Crippen molar-refractivity contribution < 1.29 is 18.7 Å². The van der Waals surface area contributed by atoms with Crippen LogP contribution >= 0.6 is 0 Å². The topological polar surface area (TPSA) is 87.3 Å². The number of hydrogen-bond acceptors (Lipinski definition) is 5. The van der Waals surface area contributed by atoms with Crippen LogP contribution < -0.4 is 5.32 Å². The Hall–Kier alpha value is -4.04. The number of hydrogen-bond donors (Lipinski definition) is 2. The summed E-state index contributed by atoms with van der Waals surface area (Å²) in [5.41, 5.74) is 4.42. The van der Waals surface area contributed by atoms with Crippen LogP contribution in [0, 0.1) is 5.82 Å². The van der Waals surface area contributed by atoms with Crippen LogP contribution in [0.25, 0.3) is 22.2 Å². The van der Waals surface area contributed by atoms with Crippen LogP contribution in [0.3, 0.4) is 0 Å². The summed E-state index contributed by atoms with van der Waals surface area (Å²) in [7, 11) is 1.38. The summed E-state index contributed by atoms with van der Waals surface area (Å²) in [4.78, 5) is 34.6. The van der Waals surface area contributed by atoms with Gasteiger partial charge in [-0.25, -0.2) is 9.18 Å². The van der Waals surface area contributed by atoms with Crippen molar-refractivity contribution in [3.05, 3.63) is 89.5 Å². The molecule has 1 saturated heterocycles. The lowest BCUT2D eigenvalue weighted by molar-refractivity contribution is 0.0600. The van der Waals surface area contributed by atoms with Gasteiger partial charge in [0, 0.05) is 54.5 Å². The van der Waals surface area contributed by atoms with Gasteiger partial charge in [-0.1, -0.05) is 12.1 Å². The maximum atomic E-state index is 13.5. The van der Waals surface area contributed by atoms with Gasteiger partial charge >= 0.3 is 5.97 Å². The molecule has 3 heterocycles. The molecular weight excluding hydrogens is 459 g/mol. The van der Waals surface area contributed by atoms with E-state index >= 15 is 0 Å². The SMILES string of the molecule is COC(=O)c1ccc2[nH]cc(CN3CCC(NC(=O)c4ccc(-c5cccc(F)c5)nc4)CC3)c2c1. The highest BCUT2D eigenvalue weighted by Crippen LogP contribution is 2.24. The number of fused-ring (bicyclic) bond motifs is 1. The first kappa shape index (κ1) is 23.7. The molecule has 0 spiro atoms. The number of piperidine rings is 1. The number of benzene rings is 2. The third-order valence-corrected chi connectivity index (χ3v) is 6.65. The third-order valence-electron chi connectivity index (χ3n) is 6.65. The van der Waals surface area contributed by atoms with Crippen LogP contribution in [-0.2, 0) is 11.3 Å². The van der Waals surface area contributed by atoms with Crippen molar-refractivity contribution >= 4 is 22.8 Å². The highest BCUT2D eigenvalue weighted by atomic mass is 19.1. The smallest absolute Gasteiger partial charge is 0.337 e. The number of nitrogens with zero attached hydrogens (tertiary/aromatic N) is 2. The van der Waals surface area contributed by atoms with Crippen LogP contribution in [0.1, 0.15) is 39.1 Å². The maximum absolute atomic E-state index is 13.5. The Morgan fingerprint density at radius 3 is 2.64 bits per heavy atom. The van der Waals surface area contributed by atoms with Gasteiger partial charge in [-0.05, 0) is 60.9 Å². The second-order valence-electron chi connectivity index (χ2n) is 9.03. The minimum Gasteiger partial charge on any atom is -0.465 e. The highest BCUT2D eigenvalue weighted by molar-refractivity contribution is 5.96. The molecule has 0 atom stereocenters. The summed E-state index contributed by atoms with van der Waals surface area (Å²) in [5.74, 6) is -0.823. The normalized spacial score (nSPS) is 14.6.